The number of nitrogens with zero attached hydrogens (tertiary/aromatic N) is 1. The quantitative estimate of drug-likeness (QED) is 0.571. The molecule has 0 saturated carbocycles. The average Bonchev–Trinajstić information content (AvgIpc) is 3.30. The van der Waals surface area contributed by atoms with Gasteiger partial charge < -0.3 is 14.0 Å². The van der Waals surface area contributed by atoms with Crippen LogP contribution >= 0.6 is 0 Å². The van der Waals surface area contributed by atoms with Gasteiger partial charge in [-0.25, -0.2) is 4.79 Å². The van der Waals surface area contributed by atoms with E-state index < -0.39 is 23.3 Å². The minimum Gasteiger partial charge on any atom is -0.490 e. The van der Waals surface area contributed by atoms with Gasteiger partial charge in [0.1, 0.15) is 24.2 Å². The molecule has 4 rings (SSSR count). The molecule has 3 aromatic rings. The molecule has 1 atom stereocenters. The molecular formula is C21H16F3NO4. The molecule has 0 N–H and O–H groups in total. The Hall–Kier alpha value is -3.29. The van der Waals surface area contributed by atoms with Crippen LogP contribution in [-0.4, -0.2) is 17.2 Å². The minimum absolute atomic E-state index is 0.115. The van der Waals surface area contributed by atoms with Gasteiger partial charge in [-0.1, -0.05) is 17.3 Å². The minimum atomic E-state index is -4.65. The van der Waals surface area contributed by atoms with Crippen LogP contribution in [0.2, 0.25) is 0 Å². The van der Waals surface area contributed by atoms with Gasteiger partial charge in [-0.2, -0.15) is 13.2 Å². The zero-order chi connectivity index (χ0) is 20.6. The number of ether oxygens (including phenoxy) is 2. The molecule has 5 nitrogen and oxygen atoms in total. The van der Waals surface area contributed by atoms with Gasteiger partial charge in [0.15, 0.2) is 5.76 Å². The highest BCUT2D eigenvalue weighted by Gasteiger charge is 2.35. The van der Waals surface area contributed by atoms with Gasteiger partial charge in [0.25, 0.3) is 0 Å². The number of carbonyl (C=O) groups is 1. The highest BCUT2D eigenvalue weighted by molar-refractivity contribution is 5.91. The molecule has 0 saturated heterocycles. The molecule has 1 aliphatic heterocycles. The van der Waals surface area contributed by atoms with Crippen LogP contribution in [0.3, 0.4) is 0 Å². The predicted octanol–water partition coefficient (Wildman–Crippen LogP) is 5.04. The lowest BCUT2D eigenvalue weighted by Crippen LogP contribution is -2.15. The Morgan fingerprint density at radius 3 is 2.79 bits per heavy atom. The molecule has 0 amide bonds. The highest BCUT2D eigenvalue weighted by Crippen LogP contribution is 2.34. The molecule has 150 valence electrons. The largest absolute Gasteiger partial charge is 0.490 e. The maximum absolute atomic E-state index is 13.0. The van der Waals surface area contributed by atoms with Crippen molar-refractivity contribution in [3.8, 4) is 17.1 Å². The normalized spacial score (nSPS) is 15.7. The molecule has 0 spiro atoms. The van der Waals surface area contributed by atoms with Crippen molar-refractivity contribution in [2.24, 2.45) is 0 Å². The summed E-state index contributed by atoms with van der Waals surface area (Å²) in [6.07, 6.45) is -3.74. The monoisotopic (exact) mass is 403 g/mol. The third-order valence-corrected chi connectivity index (χ3v) is 4.54. The van der Waals surface area contributed by atoms with Crippen LogP contribution in [0.5, 0.6) is 5.75 Å². The topological polar surface area (TPSA) is 61.6 Å². The van der Waals surface area contributed by atoms with E-state index in [1.54, 1.807) is 6.07 Å². The van der Waals surface area contributed by atoms with E-state index in [-0.39, 0.29) is 12.7 Å². The van der Waals surface area contributed by atoms with Gasteiger partial charge >= 0.3 is 12.1 Å². The van der Waals surface area contributed by atoms with Gasteiger partial charge in [0.05, 0.1) is 11.1 Å². The Bertz CT molecular complexity index is 1060. The van der Waals surface area contributed by atoms with Crippen LogP contribution in [0.4, 0.5) is 13.2 Å². The third-order valence-electron chi connectivity index (χ3n) is 4.54. The van der Waals surface area contributed by atoms with Crippen LogP contribution < -0.4 is 4.74 Å². The lowest BCUT2D eigenvalue weighted by Gasteiger charge is -2.11. The van der Waals surface area contributed by atoms with E-state index in [0.29, 0.717) is 11.5 Å². The zero-order valence-electron chi connectivity index (χ0n) is 15.3. The second-order valence-corrected chi connectivity index (χ2v) is 6.76. The molecule has 1 unspecified atom stereocenters. The first-order chi connectivity index (χ1) is 13.8. The van der Waals surface area contributed by atoms with Crippen molar-refractivity contribution in [2.75, 3.05) is 0 Å². The van der Waals surface area contributed by atoms with Crippen molar-refractivity contribution in [3.05, 3.63) is 70.9 Å². The maximum atomic E-state index is 13.0. The summed E-state index contributed by atoms with van der Waals surface area (Å²) >= 11 is 0. The molecule has 2 heterocycles. The summed E-state index contributed by atoms with van der Waals surface area (Å²) in [7, 11) is 0. The fourth-order valence-corrected chi connectivity index (χ4v) is 3.22. The molecule has 1 aliphatic rings. The highest BCUT2D eigenvalue weighted by atomic mass is 19.4. The molecule has 8 heteroatoms. The Morgan fingerprint density at radius 1 is 1.21 bits per heavy atom. The number of hydrogen-bond donors (Lipinski definition) is 0. The first-order valence-electron chi connectivity index (χ1n) is 8.90. The van der Waals surface area contributed by atoms with Gasteiger partial charge in [-0.3, -0.25) is 0 Å². The second-order valence-electron chi connectivity index (χ2n) is 6.76. The van der Waals surface area contributed by atoms with Crippen molar-refractivity contribution in [1.29, 1.82) is 0 Å². The van der Waals surface area contributed by atoms with Gasteiger partial charge in [-0.05, 0) is 42.8 Å². The lowest BCUT2D eigenvalue weighted by atomic mass is 10.1. The van der Waals surface area contributed by atoms with Crippen LogP contribution in [0, 0.1) is 0 Å². The zero-order valence-corrected chi connectivity index (χ0v) is 15.3. The number of carbonyl (C=O) groups excluding carboxylic acids is 1. The molecule has 1 aromatic heterocycles. The molecule has 2 aromatic carbocycles. The fourth-order valence-electron chi connectivity index (χ4n) is 3.22. The van der Waals surface area contributed by atoms with Crippen molar-refractivity contribution in [3.63, 3.8) is 0 Å². The summed E-state index contributed by atoms with van der Waals surface area (Å²) in [4.78, 5) is 12.1. The number of rotatable bonds is 4. The van der Waals surface area contributed by atoms with Crippen LogP contribution in [0.15, 0.2) is 53.1 Å². The summed E-state index contributed by atoms with van der Waals surface area (Å²) in [6.45, 7) is 1.68. The molecule has 0 bridgehead atoms. The van der Waals surface area contributed by atoms with E-state index in [9.17, 15) is 18.0 Å². The number of aromatic nitrogens is 1. The Balaban J connectivity index is 1.46. The predicted molar refractivity (Wildman–Crippen MR) is 96.3 cm³/mol. The Labute approximate surface area is 164 Å². The molecular weight excluding hydrogens is 387 g/mol. The standard InChI is InChI=1S/C21H16F3NO4/c1-12-8-14-9-13(6-7-18(14)28-12)19-10-15(25-29-19)11-27-20(26)16-4-2-3-5-17(16)21(22,23)24/h2-7,9-10,12H,8,11H2,1H3. The number of benzene rings is 2. The van der Waals surface area contributed by atoms with Crippen molar-refractivity contribution in [1.82, 2.24) is 5.16 Å². The lowest BCUT2D eigenvalue weighted by molar-refractivity contribution is -0.138. The first kappa shape index (κ1) is 19.0. The van der Waals surface area contributed by atoms with Crippen molar-refractivity contribution < 1.29 is 32.0 Å². The van der Waals surface area contributed by atoms with Crippen LogP contribution in [0.1, 0.15) is 34.1 Å². The summed E-state index contributed by atoms with van der Waals surface area (Å²) in [5.74, 6) is 0.221. The number of fused-ring (bicyclic) bond motifs is 1. The molecule has 0 fully saturated rings. The number of alkyl halides is 3. The van der Waals surface area contributed by atoms with Gasteiger partial charge in [0.2, 0.25) is 0 Å². The molecule has 0 radical (unpaired) electrons. The van der Waals surface area contributed by atoms with Crippen LogP contribution in [0.25, 0.3) is 11.3 Å². The van der Waals surface area contributed by atoms with E-state index in [1.165, 1.54) is 12.1 Å². The number of halogens is 3. The SMILES string of the molecule is CC1Cc2cc(-c3cc(COC(=O)c4ccccc4C(F)(F)F)no3)ccc2O1. The van der Waals surface area contributed by atoms with E-state index in [0.717, 1.165) is 35.4 Å². The Kier molecular flexibility index (Phi) is 4.77. The molecule has 0 aliphatic carbocycles. The summed E-state index contributed by atoms with van der Waals surface area (Å²) < 4.78 is 55.1. The van der Waals surface area contributed by atoms with Gasteiger partial charge in [-0.15, -0.1) is 0 Å². The summed E-state index contributed by atoms with van der Waals surface area (Å²) in [5, 5.41) is 3.83. The van der Waals surface area contributed by atoms with Crippen LogP contribution in [-0.2, 0) is 23.9 Å². The van der Waals surface area contributed by atoms with Crippen molar-refractivity contribution in [2.45, 2.75) is 32.2 Å². The Morgan fingerprint density at radius 2 is 2.00 bits per heavy atom. The fraction of sp³-hybridized carbons (Fsp3) is 0.238. The van der Waals surface area contributed by atoms with Gasteiger partial charge in [0, 0.05) is 18.1 Å². The van der Waals surface area contributed by atoms with E-state index in [1.807, 2.05) is 25.1 Å². The smallest absolute Gasteiger partial charge is 0.417 e. The average molecular weight is 403 g/mol. The van der Waals surface area contributed by atoms with E-state index in [4.69, 9.17) is 14.0 Å². The molecule has 29 heavy (non-hydrogen) atoms. The first-order valence-corrected chi connectivity index (χ1v) is 8.90. The third kappa shape index (κ3) is 3.96. The van der Waals surface area contributed by atoms with E-state index >= 15 is 0 Å². The second kappa shape index (κ2) is 7.27. The van der Waals surface area contributed by atoms with Crippen molar-refractivity contribution >= 4 is 5.97 Å². The number of hydrogen-bond acceptors (Lipinski definition) is 5. The summed E-state index contributed by atoms with van der Waals surface area (Å²) in [6, 6.07) is 11.7. The van der Waals surface area contributed by atoms with E-state index in [2.05, 4.69) is 5.16 Å². The summed E-state index contributed by atoms with van der Waals surface area (Å²) in [5.41, 5.74) is 0.553. The number of esters is 1. The maximum Gasteiger partial charge on any atom is 0.417 e.